The second kappa shape index (κ2) is 5.55. The zero-order chi connectivity index (χ0) is 11.4. The third-order valence-corrected chi connectivity index (χ3v) is 4.25. The van der Waals surface area contributed by atoms with E-state index in [4.69, 9.17) is 0 Å². The van der Waals surface area contributed by atoms with E-state index in [0.717, 1.165) is 16.7 Å². The summed E-state index contributed by atoms with van der Waals surface area (Å²) in [5, 5.41) is 10.5. The molecule has 0 aromatic carbocycles. The zero-order valence-corrected chi connectivity index (χ0v) is 10.5. The van der Waals surface area contributed by atoms with Gasteiger partial charge in [0.15, 0.2) is 0 Å². The number of pyridine rings is 1. The summed E-state index contributed by atoms with van der Waals surface area (Å²) in [5.74, 6) is 1.85. The molecule has 1 N–H and O–H groups in total. The Labute approximate surface area is 101 Å². The van der Waals surface area contributed by atoms with Crippen LogP contribution < -0.4 is 4.73 Å². The van der Waals surface area contributed by atoms with Gasteiger partial charge in [0, 0.05) is 29.2 Å². The Morgan fingerprint density at radius 1 is 1.56 bits per heavy atom. The van der Waals surface area contributed by atoms with Crippen LogP contribution in [0.2, 0.25) is 0 Å². The molecule has 1 atom stereocenters. The number of rotatable bonds is 3. The maximum Gasteiger partial charge on any atom is 0.290 e. The first-order valence-electron chi connectivity index (χ1n) is 5.77. The quantitative estimate of drug-likeness (QED) is 0.494. The van der Waals surface area contributed by atoms with Crippen LogP contribution in [-0.4, -0.2) is 36.0 Å². The summed E-state index contributed by atoms with van der Waals surface area (Å²) in [7, 11) is 2.19. The van der Waals surface area contributed by atoms with Crippen LogP contribution in [0.15, 0.2) is 29.4 Å². The molecule has 16 heavy (non-hydrogen) atoms. The molecular weight excluding hydrogens is 220 g/mol. The standard InChI is InChI=1S/C12H19N2OS/c1-13-7-4-5-11(9-13)10-16-12-6-2-3-8-14(12)15/h2-3,6,8,11,15H,4-5,7,9-10H2,1H3/q+1. The fourth-order valence-corrected chi connectivity index (χ4v) is 3.19. The topological polar surface area (TPSA) is 27.4 Å². The molecule has 0 amide bonds. The van der Waals surface area contributed by atoms with Crippen molar-refractivity contribution in [3.8, 4) is 0 Å². The normalized spacial score (nSPS) is 22.2. The number of likely N-dealkylation sites (tertiary alicyclic amines) is 1. The van der Waals surface area contributed by atoms with Crippen molar-refractivity contribution in [2.45, 2.75) is 17.9 Å². The lowest BCUT2D eigenvalue weighted by Crippen LogP contribution is -2.34. The van der Waals surface area contributed by atoms with Crippen molar-refractivity contribution in [1.29, 1.82) is 0 Å². The van der Waals surface area contributed by atoms with E-state index in [-0.39, 0.29) is 0 Å². The summed E-state index contributed by atoms with van der Waals surface area (Å²) in [4.78, 5) is 2.40. The van der Waals surface area contributed by atoms with Crippen molar-refractivity contribution < 1.29 is 9.94 Å². The Hall–Kier alpha value is -0.740. The lowest BCUT2D eigenvalue weighted by molar-refractivity contribution is -0.932. The van der Waals surface area contributed by atoms with E-state index in [0.29, 0.717) is 0 Å². The predicted octanol–water partition coefficient (Wildman–Crippen LogP) is 1.65. The molecule has 1 unspecified atom stereocenters. The van der Waals surface area contributed by atoms with E-state index >= 15 is 0 Å². The van der Waals surface area contributed by atoms with Gasteiger partial charge in [-0.1, -0.05) is 11.8 Å². The van der Waals surface area contributed by atoms with Gasteiger partial charge in [-0.25, -0.2) is 0 Å². The fraction of sp³-hybridized carbons (Fsp3) is 0.583. The molecule has 1 aliphatic heterocycles. The highest BCUT2D eigenvalue weighted by atomic mass is 32.2. The SMILES string of the molecule is CN1CCCC(CSc2cccc[n+]2O)C1. The minimum Gasteiger partial charge on any atom is -0.306 e. The molecule has 88 valence electrons. The first-order valence-corrected chi connectivity index (χ1v) is 6.75. The Morgan fingerprint density at radius 2 is 2.44 bits per heavy atom. The van der Waals surface area contributed by atoms with E-state index in [9.17, 15) is 5.21 Å². The minimum atomic E-state index is 0.754. The van der Waals surface area contributed by atoms with Crippen molar-refractivity contribution in [1.82, 2.24) is 4.90 Å². The second-order valence-electron chi connectivity index (χ2n) is 4.46. The third kappa shape index (κ3) is 3.12. The van der Waals surface area contributed by atoms with Gasteiger partial charge < -0.3 is 4.90 Å². The number of hydrogen-bond acceptors (Lipinski definition) is 3. The van der Waals surface area contributed by atoms with Gasteiger partial charge in [-0.15, -0.1) is 0 Å². The van der Waals surface area contributed by atoms with Crippen LogP contribution in [0, 0.1) is 5.92 Å². The molecular formula is C12H19N2OS+. The van der Waals surface area contributed by atoms with Crippen molar-refractivity contribution in [2.75, 3.05) is 25.9 Å². The van der Waals surface area contributed by atoms with Crippen molar-refractivity contribution in [3.63, 3.8) is 0 Å². The average molecular weight is 239 g/mol. The van der Waals surface area contributed by atoms with Gasteiger partial charge in [0.25, 0.3) is 5.03 Å². The molecule has 4 heteroatoms. The summed E-state index contributed by atoms with van der Waals surface area (Å²) >= 11 is 1.74. The summed E-state index contributed by atoms with van der Waals surface area (Å²) in [6.07, 6.45) is 4.29. The van der Waals surface area contributed by atoms with E-state index in [1.807, 2.05) is 18.2 Å². The van der Waals surface area contributed by atoms with Gasteiger partial charge in [0.1, 0.15) is 0 Å². The van der Waals surface area contributed by atoms with Gasteiger partial charge in [-0.3, -0.25) is 5.21 Å². The molecule has 1 aromatic rings. The molecule has 0 saturated carbocycles. The molecule has 1 aliphatic rings. The highest BCUT2D eigenvalue weighted by molar-refractivity contribution is 7.99. The Kier molecular flexibility index (Phi) is 4.07. The molecule has 0 spiro atoms. The maximum absolute atomic E-state index is 9.58. The smallest absolute Gasteiger partial charge is 0.290 e. The van der Waals surface area contributed by atoms with Gasteiger partial charge in [-0.2, -0.15) is 0 Å². The summed E-state index contributed by atoms with van der Waals surface area (Å²) in [6.45, 7) is 2.41. The number of aromatic nitrogens is 1. The molecule has 1 fully saturated rings. The summed E-state index contributed by atoms with van der Waals surface area (Å²) < 4.78 is 1.21. The zero-order valence-electron chi connectivity index (χ0n) is 9.67. The molecule has 3 nitrogen and oxygen atoms in total. The van der Waals surface area contributed by atoms with E-state index < -0.39 is 0 Å². The van der Waals surface area contributed by atoms with Gasteiger partial charge in [0.05, 0.1) is 0 Å². The van der Waals surface area contributed by atoms with Gasteiger partial charge in [0.2, 0.25) is 6.20 Å². The molecule has 1 saturated heterocycles. The van der Waals surface area contributed by atoms with Gasteiger partial charge in [-0.05, 0) is 38.4 Å². The second-order valence-corrected chi connectivity index (χ2v) is 5.51. The molecule has 0 radical (unpaired) electrons. The summed E-state index contributed by atoms with van der Waals surface area (Å²) in [5.41, 5.74) is 0. The largest absolute Gasteiger partial charge is 0.306 e. The first-order chi connectivity index (χ1) is 7.75. The van der Waals surface area contributed by atoms with Crippen LogP contribution in [0.3, 0.4) is 0 Å². The van der Waals surface area contributed by atoms with E-state index in [1.54, 1.807) is 18.0 Å². The summed E-state index contributed by atoms with van der Waals surface area (Å²) in [6, 6.07) is 5.75. The van der Waals surface area contributed by atoms with E-state index in [1.165, 1.54) is 30.7 Å². The molecule has 1 aromatic heterocycles. The highest BCUT2D eigenvalue weighted by Crippen LogP contribution is 2.23. The van der Waals surface area contributed by atoms with Crippen LogP contribution >= 0.6 is 11.8 Å². The van der Waals surface area contributed by atoms with Crippen LogP contribution in [0.25, 0.3) is 0 Å². The highest BCUT2D eigenvalue weighted by Gasteiger charge is 2.19. The van der Waals surface area contributed by atoms with Crippen molar-refractivity contribution >= 4 is 11.8 Å². The van der Waals surface area contributed by atoms with Gasteiger partial charge >= 0.3 is 0 Å². The van der Waals surface area contributed by atoms with Crippen LogP contribution in [0.1, 0.15) is 12.8 Å². The monoisotopic (exact) mass is 239 g/mol. The van der Waals surface area contributed by atoms with Crippen LogP contribution in [0.4, 0.5) is 0 Å². The minimum absolute atomic E-state index is 0.754. The van der Waals surface area contributed by atoms with Crippen LogP contribution in [0.5, 0.6) is 0 Å². The fourth-order valence-electron chi connectivity index (χ4n) is 2.15. The van der Waals surface area contributed by atoms with Crippen LogP contribution in [-0.2, 0) is 0 Å². The lowest BCUT2D eigenvalue weighted by Gasteiger charge is -2.28. The van der Waals surface area contributed by atoms with E-state index in [2.05, 4.69) is 11.9 Å². The average Bonchev–Trinajstić information content (AvgIpc) is 2.28. The predicted molar refractivity (Wildman–Crippen MR) is 64.8 cm³/mol. The number of piperidine rings is 1. The third-order valence-electron chi connectivity index (χ3n) is 2.99. The first kappa shape index (κ1) is 11.7. The lowest BCUT2D eigenvalue weighted by atomic mass is 10.0. The Balaban J connectivity index is 1.85. The van der Waals surface area contributed by atoms with Crippen molar-refractivity contribution in [3.05, 3.63) is 24.4 Å². The molecule has 0 aliphatic carbocycles. The molecule has 0 bridgehead atoms. The molecule has 2 heterocycles. The number of nitrogens with zero attached hydrogens (tertiary/aromatic N) is 2. The molecule has 2 rings (SSSR count). The Bertz CT molecular complexity index is 346. The maximum atomic E-state index is 9.58. The number of thioether (sulfide) groups is 1. The van der Waals surface area contributed by atoms with Crippen molar-refractivity contribution in [2.24, 2.45) is 5.92 Å². The Morgan fingerprint density at radius 3 is 3.19 bits per heavy atom. The number of hydrogen-bond donors (Lipinski definition) is 1.